The van der Waals surface area contributed by atoms with Crippen LogP contribution < -0.4 is 14.4 Å². The van der Waals surface area contributed by atoms with Crippen molar-refractivity contribution in [2.75, 3.05) is 24.2 Å². The first kappa shape index (κ1) is 29.1. The maximum Gasteiger partial charge on any atom is 0.244 e. The number of sulfonamides is 1. The molecule has 37 heavy (non-hydrogen) atoms. The summed E-state index contributed by atoms with van der Waals surface area (Å²) in [6.07, 6.45) is 6.03. The average Bonchev–Trinajstić information content (AvgIpc) is 2.86. The lowest BCUT2D eigenvalue weighted by atomic mass is 9.95. The molecular weight excluding hydrogens is 537 g/mol. The Bertz CT molecular complexity index is 1200. The summed E-state index contributed by atoms with van der Waals surface area (Å²) in [4.78, 5) is 28.3. The molecule has 0 radical (unpaired) electrons. The molecular formula is C26H33Cl2N3O5S. The maximum absolute atomic E-state index is 13.7. The first-order chi connectivity index (χ1) is 17.5. The van der Waals surface area contributed by atoms with Crippen LogP contribution >= 0.6 is 23.2 Å². The van der Waals surface area contributed by atoms with Gasteiger partial charge in [0.15, 0.2) is 0 Å². The Labute approximate surface area is 228 Å². The van der Waals surface area contributed by atoms with Gasteiger partial charge in [0, 0.05) is 34.3 Å². The van der Waals surface area contributed by atoms with Crippen LogP contribution in [0.5, 0.6) is 5.75 Å². The second-order valence-electron chi connectivity index (χ2n) is 9.21. The van der Waals surface area contributed by atoms with Gasteiger partial charge in [-0.1, -0.05) is 54.6 Å². The lowest BCUT2D eigenvalue weighted by Gasteiger charge is -2.33. The summed E-state index contributed by atoms with van der Waals surface area (Å²) in [7, 11) is -2.38. The number of hydrogen-bond acceptors (Lipinski definition) is 5. The van der Waals surface area contributed by atoms with Crippen LogP contribution in [0.1, 0.15) is 44.6 Å². The van der Waals surface area contributed by atoms with Gasteiger partial charge in [-0.2, -0.15) is 0 Å². The molecule has 0 bridgehead atoms. The van der Waals surface area contributed by atoms with Crippen molar-refractivity contribution < 1.29 is 22.7 Å². The van der Waals surface area contributed by atoms with Crippen LogP contribution in [-0.4, -0.2) is 57.1 Å². The number of rotatable bonds is 10. The summed E-state index contributed by atoms with van der Waals surface area (Å²) in [6, 6.07) is 10.6. The van der Waals surface area contributed by atoms with Crippen molar-refractivity contribution in [1.29, 1.82) is 0 Å². The quantitative estimate of drug-likeness (QED) is 0.449. The minimum Gasteiger partial charge on any atom is -0.497 e. The van der Waals surface area contributed by atoms with Crippen molar-refractivity contribution in [2.24, 2.45) is 0 Å². The third-order valence-corrected chi connectivity index (χ3v) is 8.38. The second kappa shape index (κ2) is 12.8. The highest BCUT2D eigenvalue weighted by Crippen LogP contribution is 2.28. The highest BCUT2D eigenvalue weighted by molar-refractivity contribution is 7.92. The molecule has 0 unspecified atom stereocenters. The summed E-state index contributed by atoms with van der Waals surface area (Å²) in [5.74, 6) is -0.440. The number of ether oxygens (including phenoxy) is 1. The minimum absolute atomic E-state index is 0.0499. The summed E-state index contributed by atoms with van der Waals surface area (Å²) in [5, 5.41) is 3.74. The Balaban J connectivity index is 1.92. The van der Waals surface area contributed by atoms with E-state index in [0.29, 0.717) is 21.4 Å². The molecule has 202 valence electrons. The Hall–Kier alpha value is -2.49. The van der Waals surface area contributed by atoms with E-state index in [4.69, 9.17) is 27.9 Å². The number of carbonyl (C=O) groups is 2. The van der Waals surface area contributed by atoms with E-state index in [1.807, 2.05) is 0 Å². The molecule has 1 fully saturated rings. The molecule has 2 amide bonds. The molecule has 1 saturated carbocycles. The number of benzene rings is 2. The summed E-state index contributed by atoms with van der Waals surface area (Å²) in [5.41, 5.74) is 0.744. The molecule has 2 aromatic carbocycles. The van der Waals surface area contributed by atoms with Crippen LogP contribution in [0.3, 0.4) is 0 Å². The number of carbonyl (C=O) groups excluding carboxylic acids is 2. The Kier molecular flexibility index (Phi) is 10.1. The fourth-order valence-electron chi connectivity index (χ4n) is 4.38. The van der Waals surface area contributed by atoms with Crippen molar-refractivity contribution in [2.45, 2.75) is 57.7 Å². The summed E-state index contributed by atoms with van der Waals surface area (Å²) < 4.78 is 31.6. The van der Waals surface area contributed by atoms with Gasteiger partial charge >= 0.3 is 0 Å². The first-order valence-electron chi connectivity index (χ1n) is 12.2. The van der Waals surface area contributed by atoms with E-state index in [9.17, 15) is 18.0 Å². The third-order valence-electron chi connectivity index (χ3n) is 6.53. The number of halogens is 2. The SMILES string of the molecule is COc1cccc(N(CC(=O)N(Cc2c(Cl)cccc2Cl)[C@@H](C)C(=O)NC2CCCCC2)S(C)(=O)=O)c1. The Morgan fingerprint density at radius 2 is 1.70 bits per heavy atom. The zero-order valence-corrected chi connectivity index (χ0v) is 23.6. The number of anilines is 1. The fourth-order valence-corrected chi connectivity index (χ4v) is 5.74. The van der Waals surface area contributed by atoms with Crippen LogP contribution in [-0.2, 0) is 26.2 Å². The normalized spacial score (nSPS) is 15.1. The topological polar surface area (TPSA) is 96.0 Å². The standard InChI is InChI=1S/C26H33Cl2N3O5S/c1-18(26(33)29-19-9-5-4-6-10-19)30(16-22-23(27)13-8-14-24(22)28)25(32)17-31(37(3,34)35)20-11-7-12-21(15-20)36-2/h7-8,11-15,18-19H,4-6,9-10,16-17H2,1-3H3,(H,29,33)/t18-/m0/s1. The van der Waals surface area contributed by atoms with E-state index in [2.05, 4.69) is 5.32 Å². The largest absolute Gasteiger partial charge is 0.497 e. The van der Waals surface area contributed by atoms with Gasteiger partial charge in [0.2, 0.25) is 21.8 Å². The van der Waals surface area contributed by atoms with Gasteiger partial charge < -0.3 is 15.0 Å². The molecule has 0 aromatic heterocycles. The third kappa shape index (κ3) is 7.75. The monoisotopic (exact) mass is 569 g/mol. The summed E-state index contributed by atoms with van der Waals surface area (Å²) in [6.45, 7) is 1.04. The maximum atomic E-state index is 13.7. The predicted octanol–water partition coefficient (Wildman–Crippen LogP) is 4.63. The second-order valence-corrected chi connectivity index (χ2v) is 11.9. The molecule has 11 heteroatoms. The van der Waals surface area contributed by atoms with Crippen LogP contribution in [0.2, 0.25) is 10.0 Å². The van der Waals surface area contributed by atoms with Gasteiger partial charge in [-0.15, -0.1) is 0 Å². The van der Waals surface area contributed by atoms with Crippen molar-refractivity contribution in [3.05, 3.63) is 58.1 Å². The van der Waals surface area contributed by atoms with E-state index in [1.165, 1.54) is 18.1 Å². The minimum atomic E-state index is -3.85. The molecule has 1 atom stereocenters. The number of hydrogen-bond donors (Lipinski definition) is 1. The number of nitrogens with zero attached hydrogens (tertiary/aromatic N) is 2. The van der Waals surface area contributed by atoms with Crippen molar-refractivity contribution in [3.63, 3.8) is 0 Å². The van der Waals surface area contributed by atoms with Gasteiger partial charge in [0.25, 0.3) is 0 Å². The number of methoxy groups -OCH3 is 1. The van der Waals surface area contributed by atoms with Crippen LogP contribution in [0.4, 0.5) is 5.69 Å². The van der Waals surface area contributed by atoms with E-state index in [0.717, 1.165) is 42.7 Å². The average molecular weight is 571 g/mol. The van der Waals surface area contributed by atoms with Crippen molar-refractivity contribution in [1.82, 2.24) is 10.2 Å². The zero-order chi connectivity index (χ0) is 27.2. The summed E-state index contributed by atoms with van der Waals surface area (Å²) >= 11 is 12.8. The molecule has 1 aliphatic rings. The molecule has 1 N–H and O–H groups in total. The molecule has 0 saturated heterocycles. The lowest BCUT2D eigenvalue weighted by Crippen LogP contribution is -2.53. The molecule has 1 aliphatic carbocycles. The van der Waals surface area contributed by atoms with Crippen molar-refractivity contribution in [3.8, 4) is 5.75 Å². The zero-order valence-electron chi connectivity index (χ0n) is 21.2. The van der Waals surface area contributed by atoms with Gasteiger partial charge in [-0.3, -0.25) is 13.9 Å². The Morgan fingerprint density at radius 1 is 1.08 bits per heavy atom. The number of nitrogens with one attached hydrogen (secondary N) is 1. The Morgan fingerprint density at radius 3 is 2.30 bits per heavy atom. The van der Waals surface area contributed by atoms with Crippen LogP contribution in [0.15, 0.2) is 42.5 Å². The molecule has 0 heterocycles. The van der Waals surface area contributed by atoms with E-state index in [1.54, 1.807) is 43.3 Å². The molecule has 8 nitrogen and oxygen atoms in total. The van der Waals surface area contributed by atoms with Crippen LogP contribution in [0.25, 0.3) is 0 Å². The van der Waals surface area contributed by atoms with Gasteiger partial charge in [-0.25, -0.2) is 8.42 Å². The molecule has 2 aromatic rings. The molecule has 3 rings (SSSR count). The number of amides is 2. The molecule has 0 aliphatic heterocycles. The fraction of sp³-hybridized carbons (Fsp3) is 0.462. The van der Waals surface area contributed by atoms with Crippen LogP contribution in [0, 0.1) is 0 Å². The van der Waals surface area contributed by atoms with E-state index >= 15 is 0 Å². The van der Waals surface area contributed by atoms with Gasteiger partial charge in [0.1, 0.15) is 18.3 Å². The molecule has 0 spiro atoms. The highest BCUT2D eigenvalue weighted by atomic mass is 35.5. The van der Waals surface area contributed by atoms with E-state index in [-0.39, 0.29) is 24.2 Å². The van der Waals surface area contributed by atoms with Gasteiger partial charge in [-0.05, 0) is 44.0 Å². The van der Waals surface area contributed by atoms with E-state index < -0.39 is 28.5 Å². The highest BCUT2D eigenvalue weighted by Gasteiger charge is 2.32. The predicted molar refractivity (Wildman–Crippen MR) is 147 cm³/mol. The van der Waals surface area contributed by atoms with Gasteiger partial charge in [0.05, 0.1) is 19.1 Å². The first-order valence-corrected chi connectivity index (χ1v) is 14.8. The van der Waals surface area contributed by atoms with Crippen molar-refractivity contribution >= 4 is 50.7 Å². The lowest BCUT2D eigenvalue weighted by molar-refractivity contribution is -0.139. The smallest absolute Gasteiger partial charge is 0.244 e.